The molecule has 0 aliphatic heterocycles. The lowest BCUT2D eigenvalue weighted by Gasteiger charge is -2.17. The Balaban J connectivity index is 1.35. The molecule has 0 fully saturated rings. The summed E-state index contributed by atoms with van der Waals surface area (Å²) in [4.78, 5) is 12.9. The summed E-state index contributed by atoms with van der Waals surface area (Å²) in [6.07, 6.45) is 8.72. The average molecular weight is 761 g/mol. The standard InChI is InChI=1S/C46H50O6P2/c1-7-49-53(50-8-2)46(47)41-29-25-37(26-30-41)24-28-40-16-12-14-18-43(40)45-32-34(5)44(31-35(45)6)42-17-13-11-15-39(42)27-23-36-19-21-38(22-20-36)33-54(48,51-9-3)52-10-4/h11-32H,7-10,33H2,1-6H3/b27-23-,28-24?. The number of rotatable bonds is 18. The van der Waals surface area contributed by atoms with Crippen molar-refractivity contribution in [3.8, 4) is 22.3 Å². The predicted molar refractivity (Wildman–Crippen MR) is 227 cm³/mol. The van der Waals surface area contributed by atoms with E-state index in [0.29, 0.717) is 32.0 Å². The summed E-state index contributed by atoms with van der Waals surface area (Å²) in [5.41, 5.74) is 12.7. The third kappa shape index (κ3) is 10.7. The first-order valence-electron chi connectivity index (χ1n) is 18.5. The lowest BCUT2D eigenvalue weighted by Crippen LogP contribution is -2.03. The molecule has 0 atom stereocenters. The maximum atomic E-state index is 13.0. The molecule has 6 nitrogen and oxygen atoms in total. The van der Waals surface area contributed by atoms with Gasteiger partial charge in [0.15, 0.2) is 0 Å². The maximum absolute atomic E-state index is 13.0. The van der Waals surface area contributed by atoms with Crippen LogP contribution >= 0.6 is 16.0 Å². The van der Waals surface area contributed by atoms with E-state index in [1.54, 1.807) is 0 Å². The molecule has 280 valence electrons. The Labute approximate surface area is 322 Å². The molecule has 0 saturated heterocycles. The third-order valence-corrected chi connectivity index (χ3v) is 12.4. The first-order chi connectivity index (χ1) is 26.2. The van der Waals surface area contributed by atoms with Gasteiger partial charge in [-0.3, -0.25) is 9.36 Å². The van der Waals surface area contributed by atoms with Crippen LogP contribution in [0.1, 0.15) is 77.0 Å². The van der Waals surface area contributed by atoms with E-state index in [-0.39, 0.29) is 11.7 Å². The molecule has 0 N–H and O–H groups in total. The summed E-state index contributed by atoms with van der Waals surface area (Å²) in [7, 11) is -4.76. The van der Waals surface area contributed by atoms with Crippen molar-refractivity contribution in [3.63, 3.8) is 0 Å². The smallest absolute Gasteiger partial charge is 0.329 e. The van der Waals surface area contributed by atoms with E-state index in [1.807, 2.05) is 76.2 Å². The van der Waals surface area contributed by atoms with Crippen molar-refractivity contribution in [1.82, 2.24) is 0 Å². The van der Waals surface area contributed by atoms with Crippen LogP contribution in [0.2, 0.25) is 0 Å². The van der Waals surface area contributed by atoms with E-state index in [4.69, 9.17) is 18.1 Å². The van der Waals surface area contributed by atoms with Gasteiger partial charge in [0, 0.05) is 5.56 Å². The maximum Gasteiger partial charge on any atom is 0.335 e. The lowest BCUT2D eigenvalue weighted by molar-refractivity contribution is 0.104. The third-order valence-electron chi connectivity index (χ3n) is 8.81. The van der Waals surface area contributed by atoms with Gasteiger partial charge in [-0.25, -0.2) is 0 Å². The fourth-order valence-electron chi connectivity index (χ4n) is 6.25. The molecule has 0 aliphatic carbocycles. The topological polar surface area (TPSA) is 71.1 Å². The Morgan fingerprint density at radius 3 is 1.46 bits per heavy atom. The zero-order valence-electron chi connectivity index (χ0n) is 32.1. The van der Waals surface area contributed by atoms with Crippen LogP contribution in [0, 0.1) is 13.8 Å². The van der Waals surface area contributed by atoms with E-state index in [0.717, 1.165) is 38.9 Å². The first-order valence-corrected chi connectivity index (χ1v) is 21.4. The van der Waals surface area contributed by atoms with Crippen molar-refractivity contribution >= 4 is 45.8 Å². The molecular weight excluding hydrogens is 710 g/mol. The van der Waals surface area contributed by atoms with E-state index < -0.39 is 16.0 Å². The van der Waals surface area contributed by atoms with Gasteiger partial charge in [0.1, 0.15) is 0 Å². The Hall–Kier alpha value is -4.25. The fourth-order valence-corrected chi connectivity index (χ4v) is 9.09. The molecular formula is C46H50O6P2. The highest BCUT2D eigenvalue weighted by Gasteiger charge is 2.24. The molecule has 5 aromatic carbocycles. The number of hydrogen-bond acceptors (Lipinski definition) is 6. The van der Waals surface area contributed by atoms with Gasteiger partial charge >= 0.3 is 7.60 Å². The average Bonchev–Trinajstić information content (AvgIpc) is 3.18. The molecule has 0 radical (unpaired) electrons. The highest BCUT2D eigenvalue weighted by Crippen LogP contribution is 2.51. The molecule has 0 saturated carbocycles. The Bertz CT molecular complexity index is 2100. The van der Waals surface area contributed by atoms with Gasteiger partial charge in [-0.15, -0.1) is 0 Å². The lowest BCUT2D eigenvalue weighted by atomic mass is 9.88. The molecule has 5 rings (SSSR count). The molecule has 0 spiro atoms. The fraction of sp³-hybridized carbons (Fsp3) is 0.239. The van der Waals surface area contributed by atoms with Crippen LogP contribution in [-0.4, -0.2) is 32.0 Å². The number of carbonyl (C=O) groups is 1. The van der Waals surface area contributed by atoms with E-state index >= 15 is 0 Å². The number of benzene rings is 5. The zero-order chi connectivity index (χ0) is 38.5. The van der Waals surface area contributed by atoms with Crippen LogP contribution in [0.4, 0.5) is 0 Å². The minimum atomic E-state index is -3.16. The van der Waals surface area contributed by atoms with Gasteiger partial charge in [0.25, 0.3) is 0 Å². The second kappa shape index (κ2) is 19.9. The largest absolute Gasteiger partial charge is 0.335 e. The zero-order valence-corrected chi connectivity index (χ0v) is 33.9. The minimum Gasteiger partial charge on any atom is -0.329 e. The Morgan fingerprint density at radius 2 is 1.02 bits per heavy atom. The molecule has 0 amide bonds. The van der Waals surface area contributed by atoms with Gasteiger partial charge in [-0.2, -0.15) is 0 Å². The van der Waals surface area contributed by atoms with Crippen LogP contribution < -0.4 is 0 Å². The Kier molecular flexibility index (Phi) is 15.1. The summed E-state index contributed by atoms with van der Waals surface area (Å²) in [6, 6.07) is 37.1. The normalized spacial score (nSPS) is 12.0. The van der Waals surface area contributed by atoms with Crippen molar-refractivity contribution < 1.29 is 27.5 Å². The van der Waals surface area contributed by atoms with Gasteiger partial charge in [-0.1, -0.05) is 133 Å². The second-order valence-electron chi connectivity index (χ2n) is 12.7. The number of aryl methyl sites for hydroxylation is 2. The molecule has 0 heterocycles. The second-order valence-corrected chi connectivity index (χ2v) is 16.2. The van der Waals surface area contributed by atoms with Crippen molar-refractivity contribution in [2.75, 3.05) is 26.4 Å². The molecule has 0 aromatic heterocycles. The van der Waals surface area contributed by atoms with Crippen molar-refractivity contribution in [2.45, 2.75) is 47.7 Å². The molecule has 0 aliphatic rings. The molecule has 0 bridgehead atoms. The summed E-state index contributed by atoms with van der Waals surface area (Å²) >= 11 is 0. The van der Waals surface area contributed by atoms with Gasteiger partial charge in [0.2, 0.25) is 13.9 Å². The monoisotopic (exact) mass is 760 g/mol. The molecule has 8 heteroatoms. The van der Waals surface area contributed by atoms with Crippen molar-refractivity contribution in [1.29, 1.82) is 0 Å². The molecule has 5 aromatic rings. The van der Waals surface area contributed by atoms with Crippen molar-refractivity contribution in [3.05, 3.63) is 154 Å². The first kappa shape index (κ1) is 40.9. The summed E-state index contributed by atoms with van der Waals surface area (Å²) < 4.78 is 35.1. The number of hydrogen-bond donors (Lipinski definition) is 0. The minimum absolute atomic E-state index is 0.112. The molecule has 0 unspecified atom stereocenters. The van der Waals surface area contributed by atoms with E-state index in [9.17, 15) is 9.36 Å². The summed E-state index contributed by atoms with van der Waals surface area (Å²) in [5.74, 6) is 0. The van der Waals surface area contributed by atoms with Crippen LogP contribution in [0.15, 0.2) is 109 Å². The Morgan fingerprint density at radius 1 is 0.574 bits per heavy atom. The highest BCUT2D eigenvalue weighted by molar-refractivity contribution is 7.66. The highest BCUT2D eigenvalue weighted by atomic mass is 31.2. The van der Waals surface area contributed by atoms with Crippen LogP contribution in [0.5, 0.6) is 0 Å². The summed E-state index contributed by atoms with van der Waals surface area (Å²) in [5, 5.41) is 0. The molecule has 54 heavy (non-hydrogen) atoms. The SMILES string of the molecule is CCOP(OCC)C(=O)c1ccc(C=Cc2ccccc2-c2cc(C)c(-c3ccccc3/C=C\c3ccc(CP(=O)(OCC)OCC)cc3)cc2C)cc1. The van der Waals surface area contributed by atoms with E-state index in [2.05, 4.69) is 98.8 Å². The van der Waals surface area contributed by atoms with Crippen LogP contribution in [-0.2, 0) is 28.8 Å². The quantitative estimate of drug-likeness (QED) is 0.0654. The van der Waals surface area contributed by atoms with Gasteiger partial charge < -0.3 is 18.1 Å². The van der Waals surface area contributed by atoms with Crippen molar-refractivity contribution in [2.24, 2.45) is 0 Å². The van der Waals surface area contributed by atoms with Crippen LogP contribution in [0.3, 0.4) is 0 Å². The predicted octanol–water partition coefficient (Wildman–Crippen LogP) is 13.3. The van der Waals surface area contributed by atoms with Gasteiger partial charge in [-0.05, 0) is 103 Å². The van der Waals surface area contributed by atoms with Gasteiger partial charge in [0.05, 0.1) is 32.6 Å². The number of carbonyl (C=O) groups excluding carboxylic acids is 1. The summed E-state index contributed by atoms with van der Waals surface area (Å²) in [6.45, 7) is 13.3. The van der Waals surface area contributed by atoms with E-state index in [1.165, 1.54) is 22.3 Å². The van der Waals surface area contributed by atoms with Crippen LogP contribution in [0.25, 0.3) is 46.6 Å².